The van der Waals surface area contributed by atoms with Gasteiger partial charge < -0.3 is 19.8 Å². The lowest BCUT2D eigenvalue weighted by molar-refractivity contribution is -0.129. The van der Waals surface area contributed by atoms with Crippen LogP contribution in [0.5, 0.6) is 0 Å². The summed E-state index contributed by atoms with van der Waals surface area (Å²) in [6.45, 7) is 1.86. The Hall–Kier alpha value is -3.87. The average Bonchev–Trinajstić information content (AvgIpc) is 3.28. The van der Waals surface area contributed by atoms with Crippen LogP contribution in [0.1, 0.15) is 33.4 Å². The minimum atomic E-state index is -0.940. The van der Waals surface area contributed by atoms with Gasteiger partial charge in [-0.2, -0.15) is 0 Å². The molecule has 0 aliphatic heterocycles. The van der Waals surface area contributed by atoms with Crippen LogP contribution >= 0.6 is 0 Å². The molecule has 2 amide bonds. The van der Waals surface area contributed by atoms with Crippen LogP contribution in [0.25, 0.3) is 0 Å². The van der Waals surface area contributed by atoms with Crippen molar-refractivity contribution in [2.75, 3.05) is 5.32 Å². The van der Waals surface area contributed by atoms with Crippen LogP contribution in [-0.4, -0.2) is 23.9 Å². The summed E-state index contributed by atoms with van der Waals surface area (Å²) in [7, 11) is 0. The van der Waals surface area contributed by atoms with E-state index in [0.717, 1.165) is 5.56 Å². The van der Waals surface area contributed by atoms with E-state index in [1.54, 1.807) is 24.3 Å². The van der Waals surface area contributed by atoms with Gasteiger partial charge in [-0.15, -0.1) is 0 Å². The van der Waals surface area contributed by atoms with Crippen LogP contribution in [0.2, 0.25) is 0 Å². The number of esters is 1. The summed E-state index contributed by atoms with van der Waals surface area (Å²) >= 11 is 0. The van der Waals surface area contributed by atoms with Crippen molar-refractivity contribution >= 4 is 23.5 Å². The van der Waals surface area contributed by atoms with Crippen molar-refractivity contribution in [1.29, 1.82) is 0 Å². The second kappa shape index (κ2) is 9.36. The van der Waals surface area contributed by atoms with Gasteiger partial charge in [0.25, 0.3) is 11.8 Å². The van der Waals surface area contributed by atoms with Crippen molar-refractivity contribution in [1.82, 2.24) is 5.32 Å². The lowest BCUT2D eigenvalue weighted by Crippen LogP contribution is -2.35. The highest BCUT2D eigenvalue weighted by atomic mass is 16.5. The van der Waals surface area contributed by atoms with Crippen LogP contribution in [-0.2, 0) is 16.1 Å². The van der Waals surface area contributed by atoms with E-state index in [-0.39, 0.29) is 17.2 Å². The molecule has 148 valence electrons. The first-order valence-corrected chi connectivity index (χ1v) is 9.00. The summed E-state index contributed by atoms with van der Waals surface area (Å²) < 4.78 is 10.2. The monoisotopic (exact) mass is 392 g/mol. The van der Waals surface area contributed by atoms with Crippen molar-refractivity contribution in [3.8, 4) is 0 Å². The number of amides is 2. The van der Waals surface area contributed by atoms with Gasteiger partial charge in [0.05, 0.1) is 11.8 Å². The normalized spacial score (nSPS) is 11.3. The van der Waals surface area contributed by atoms with Crippen LogP contribution in [0.15, 0.2) is 77.4 Å². The molecule has 3 aromatic rings. The molecule has 1 heterocycles. The highest BCUT2D eigenvalue weighted by Gasteiger charge is 2.19. The van der Waals surface area contributed by atoms with Gasteiger partial charge in [-0.1, -0.05) is 30.3 Å². The molecule has 0 radical (unpaired) electrons. The third-order valence-electron chi connectivity index (χ3n) is 4.09. The Bertz CT molecular complexity index is 966. The van der Waals surface area contributed by atoms with Crippen LogP contribution in [0, 0.1) is 0 Å². The highest BCUT2D eigenvalue weighted by molar-refractivity contribution is 6.02. The smallest absolute Gasteiger partial charge is 0.338 e. The number of benzene rings is 2. The first kappa shape index (κ1) is 19.9. The van der Waals surface area contributed by atoms with Gasteiger partial charge in [0, 0.05) is 12.2 Å². The van der Waals surface area contributed by atoms with Crippen LogP contribution in [0.4, 0.5) is 5.69 Å². The zero-order chi connectivity index (χ0) is 20.6. The number of anilines is 1. The molecule has 2 N–H and O–H groups in total. The highest BCUT2D eigenvalue weighted by Crippen LogP contribution is 2.13. The Morgan fingerprint density at radius 3 is 2.34 bits per heavy atom. The second-order valence-electron chi connectivity index (χ2n) is 6.26. The van der Waals surface area contributed by atoms with Crippen molar-refractivity contribution in [3.63, 3.8) is 0 Å². The topological polar surface area (TPSA) is 97.6 Å². The van der Waals surface area contributed by atoms with Crippen molar-refractivity contribution in [2.45, 2.75) is 19.6 Å². The van der Waals surface area contributed by atoms with Gasteiger partial charge in [0.1, 0.15) is 0 Å². The van der Waals surface area contributed by atoms with Crippen molar-refractivity contribution in [3.05, 3.63) is 89.9 Å². The Balaban J connectivity index is 1.50. The fraction of sp³-hybridized carbons (Fsp3) is 0.136. The van der Waals surface area contributed by atoms with Gasteiger partial charge in [0.2, 0.25) is 0 Å². The van der Waals surface area contributed by atoms with Crippen molar-refractivity contribution < 1.29 is 23.5 Å². The molecule has 7 heteroatoms. The SMILES string of the molecule is C[C@@H](OC(=O)c1ccc(NC(=O)c2ccco2)cc1)C(=O)NCc1ccccc1. The number of hydrogen-bond acceptors (Lipinski definition) is 5. The number of ether oxygens (including phenoxy) is 1. The molecule has 2 aromatic carbocycles. The zero-order valence-electron chi connectivity index (χ0n) is 15.8. The Morgan fingerprint density at radius 1 is 0.966 bits per heavy atom. The van der Waals surface area contributed by atoms with Gasteiger partial charge in [-0.25, -0.2) is 4.79 Å². The fourth-order valence-corrected chi connectivity index (χ4v) is 2.50. The van der Waals surface area contributed by atoms with E-state index in [1.807, 2.05) is 30.3 Å². The quantitative estimate of drug-likeness (QED) is 0.601. The Morgan fingerprint density at radius 2 is 1.69 bits per heavy atom. The van der Waals surface area contributed by atoms with E-state index in [1.165, 1.54) is 25.3 Å². The molecule has 1 atom stereocenters. The Kier molecular flexibility index (Phi) is 6.42. The van der Waals surface area contributed by atoms with Gasteiger partial charge in [-0.05, 0) is 48.9 Å². The average molecular weight is 392 g/mol. The lowest BCUT2D eigenvalue weighted by atomic mass is 10.2. The van der Waals surface area contributed by atoms with Crippen LogP contribution in [0.3, 0.4) is 0 Å². The lowest BCUT2D eigenvalue weighted by Gasteiger charge is -2.14. The van der Waals surface area contributed by atoms with E-state index in [4.69, 9.17) is 9.15 Å². The van der Waals surface area contributed by atoms with Crippen molar-refractivity contribution in [2.24, 2.45) is 0 Å². The zero-order valence-corrected chi connectivity index (χ0v) is 15.8. The maximum Gasteiger partial charge on any atom is 0.338 e. The predicted molar refractivity (Wildman–Crippen MR) is 106 cm³/mol. The molecular formula is C22H20N2O5. The molecular weight excluding hydrogens is 372 g/mol. The maximum atomic E-state index is 12.2. The summed E-state index contributed by atoms with van der Waals surface area (Å²) in [5, 5.41) is 5.38. The number of carbonyl (C=O) groups is 3. The molecule has 0 aliphatic rings. The van der Waals surface area contributed by atoms with E-state index < -0.39 is 18.0 Å². The molecule has 0 unspecified atom stereocenters. The summed E-state index contributed by atoms with van der Waals surface area (Å²) in [4.78, 5) is 36.3. The number of rotatable bonds is 7. The number of furan rings is 1. The molecule has 0 spiro atoms. The minimum Gasteiger partial charge on any atom is -0.459 e. The van der Waals surface area contributed by atoms with E-state index in [2.05, 4.69) is 10.6 Å². The van der Waals surface area contributed by atoms with Gasteiger partial charge in [0.15, 0.2) is 11.9 Å². The molecule has 7 nitrogen and oxygen atoms in total. The molecule has 0 saturated heterocycles. The molecule has 0 fully saturated rings. The third kappa shape index (κ3) is 5.55. The largest absolute Gasteiger partial charge is 0.459 e. The molecule has 0 bridgehead atoms. The molecule has 0 saturated carbocycles. The third-order valence-corrected chi connectivity index (χ3v) is 4.09. The van der Waals surface area contributed by atoms with E-state index in [9.17, 15) is 14.4 Å². The van der Waals surface area contributed by atoms with Crippen LogP contribution < -0.4 is 10.6 Å². The summed E-state index contributed by atoms with van der Waals surface area (Å²) in [5.41, 5.74) is 1.71. The summed E-state index contributed by atoms with van der Waals surface area (Å²) in [5.74, 6) is -1.22. The van der Waals surface area contributed by atoms with Gasteiger partial charge in [-0.3, -0.25) is 9.59 Å². The molecule has 0 aliphatic carbocycles. The number of nitrogens with one attached hydrogen (secondary N) is 2. The molecule has 29 heavy (non-hydrogen) atoms. The summed E-state index contributed by atoms with van der Waals surface area (Å²) in [6.07, 6.45) is 0.468. The van der Waals surface area contributed by atoms with Gasteiger partial charge >= 0.3 is 5.97 Å². The maximum absolute atomic E-state index is 12.2. The van der Waals surface area contributed by atoms with E-state index in [0.29, 0.717) is 12.2 Å². The first-order valence-electron chi connectivity index (χ1n) is 9.00. The molecule has 3 rings (SSSR count). The van der Waals surface area contributed by atoms with E-state index >= 15 is 0 Å². The fourth-order valence-electron chi connectivity index (χ4n) is 2.50. The first-order chi connectivity index (χ1) is 14.0. The second-order valence-corrected chi connectivity index (χ2v) is 6.26. The molecule has 1 aromatic heterocycles. The minimum absolute atomic E-state index is 0.184. The standard InChI is InChI=1S/C22H20N2O5/c1-15(20(25)23-14-16-6-3-2-4-7-16)29-22(27)17-9-11-18(12-10-17)24-21(26)19-8-5-13-28-19/h2-13,15H,14H2,1H3,(H,23,25)(H,24,26)/t15-/m1/s1. The Labute approximate surface area is 167 Å². The summed E-state index contributed by atoms with van der Waals surface area (Å²) in [6, 6.07) is 18.8. The predicted octanol–water partition coefficient (Wildman–Crippen LogP) is 3.39. The number of carbonyl (C=O) groups excluding carboxylic acids is 3. The number of hydrogen-bond donors (Lipinski definition) is 2.